The molecule has 2 rings (SSSR count). The molecule has 0 fully saturated rings. The Morgan fingerprint density at radius 3 is 2.76 bits per heavy atom. The number of rotatable bonds is 7. The van der Waals surface area contributed by atoms with Crippen LogP contribution in [0.5, 0.6) is 5.75 Å². The van der Waals surface area contributed by atoms with E-state index in [0.29, 0.717) is 24.0 Å². The molecular formula is C16H19BrN2O2. The number of hydrogen-bond donors (Lipinski definition) is 0. The number of nitrogens with zero attached hydrogens (tertiary/aromatic N) is 2. The van der Waals surface area contributed by atoms with Gasteiger partial charge in [-0.1, -0.05) is 29.8 Å². The molecule has 112 valence electrons. The van der Waals surface area contributed by atoms with E-state index in [9.17, 15) is 4.79 Å². The number of halogens is 1. The molecule has 0 aliphatic carbocycles. The molecule has 2 aromatic rings. The van der Waals surface area contributed by atoms with Crippen LogP contribution in [0.1, 0.15) is 48.8 Å². The smallest absolute Gasteiger partial charge is 0.153 e. The number of benzene rings is 1. The molecule has 21 heavy (non-hydrogen) atoms. The fourth-order valence-electron chi connectivity index (χ4n) is 2.22. The van der Waals surface area contributed by atoms with Gasteiger partial charge in [-0.25, -0.2) is 0 Å². The van der Waals surface area contributed by atoms with Gasteiger partial charge in [0.05, 0.1) is 17.3 Å². The second kappa shape index (κ2) is 7.41. The van der Waals surface area contributed by atoms with Crippen LogP contribution in [0, 0.1) is 0 Å². The van der Waals surface area contributed by atoms with Crippen LogP contribution < -0.4 is 4.74 Å². The standard InChI is InChI=1S/C16H19BrN2O2/c1-3-15(4-2)19-8-7-14(18-19)11-21-16-6-5-13(17)9-12(16)10-20/h5-10,15H,3-4,11H2,1-2H3. The SMILES string of the molecule is CCC(CC)n1ccc(COc2ccc(Br)cc2C=O)n1. The topological polar surface area (TPSA) is 44.1 Å². The van der Waals surface area contributed by atoms with Gasteiger partial charge < -0.3 is 4.74 Å². The molecule has 0 amide bonds. The molecule has 0 aliphatic rings. The quantitative estimate of drug-likeness (QED) is 0.695. The van der Waals surface area contributed by atoms with Gasteiger partial charge in [0.2, 0.25) is 0 Å². The lowest BCUT2D eigenvalue weighted by atomic mass is 10.2. The summed E-state index contributed by atoms with van der Waals surface area (Å²) in [5.41, 5.74) is 1.39. The highest BCUT2D eigenvalue weighted by molar-refractivity contribution is 9.10. The maximum absolute atomic E-state index is 11.0. The molecule has 0 bridgehead atoms. The number of ether oxygens (including phenoxy) is 1. The predicted molar refractivity (Wildman–Crippen MR) is 85.7 cm³/mol. The van der Waals surface area contributed by atoms with Crippen molar-refractivity contribution in [2.45, 2.75) is 39.3 Å². The third-order valence-corrected chi connectivity index (χ3v) is 3.95. The van der Waals surface area contributed by atoms with Gasteiger partial charge in [-0.15, -0.1) is 0 Å². The van der Waals surface area contributed by atoms with Gasteiger partial charge in [0.15, 0.2) is 6.29 Å². The van der Waals surface area contributed by atoms with Crippen LogP contribution in [-0.4, -0.2) is 16.1 Å². The summed E-state index contributed by atoms with van der Waals surface area (Å²) in [5.74, 6) is 0.574. The highest BCUT2D eigenvalue weighted by atomic mass is 79.9. The Balaban J connectivity index is 2.05. The van der Waals surface area contributed by atoms with E-state index in [2.05, 4.69) is 34.9 Å². The van der Waals surface area contributed by atoms with Crippen LogP contribution in [0.3, 0.4) is 0 Å². The minimum Gasteiger partial charge on any atom is -0.486 e. The van der Waals surface area contributed by atoms with Gasteiger partial charge in [-0.05, 0) is 37.1 Å². The predicted octanol–water partition coefficient (Wildman–Crippen LogP) is 4.40. The molecule has 4 nitrogen and oxygen atoms in total. The minimum atomic E-state index is 0.357. The van der Waals surface area contributed by atoms with Crippen LogP contribution >= 0.6 is 15.9 Å². The molecule has 0 aliphatic heterocycles. The highest BCUT2D eigenvalue weighted by Gasteiger charge is 2.09. The fourth-order valence-corrected chi connectivity index (χ4v) is 2.59. The Kier molecular flexibility index (Phi) is 5.56. The largest absolute Gasteiger partial charge is 0.486 e. The second-order valence-electron chi connectivity index (χ2n) is 4.85. The third-order valence-electron chi connectivity index (χ3n) is 3.45. The zero-order valence-electron chi connectivity index (χ0n) is 12.3. The van der Waals surface area contributed by atoms with Gasteiger partial charge in [0, 0.05) is 10.7 Å². The summed E-state index contributed by atoms with van der Waals surface area (Å²) in [5, 5.41) is 4.53. The van der Waals surface area contributed by atoms with Crippen molar-refractivity contribution in [1.29, 1.82) is 0 Å². The summed E-state index contributed by atoms with van der Waals surface area (Å²) in [6.45, 7) is 4.67. The van der Waals surface area contributed by atoms with Crippen molar-refractivity contribution in [3.8, 4) is 5.75 Å². The van der Waals surface area contributed by atoms with Crippen molar-refractivity contribution in [3.63, 3.8) is 0 Å². The summed E-state index contributed by atoms with van der Waals surface area (Å²) in [6, 6.07) is 7.76. The van der Waals surface area contributed by atoms with Gasteiger partial charge in [0.1, 0.15) is 12.4 Å². The number of aldehydes is 1. The minimum absolute atomic E-state index is 0.357. The van der Waals surface area contributed by atoms with Gasteiger partial charge in [-0.3, -0.25) is 9.48 Å². The summed E-state index contributed by atoms with van der Waals surface area (Å²) in [6.07, 6.45) is 4.89. The summed E-state index contributed by atoms with van der Waals surface area (Å²) in [7, 11) is 0. The average Bonchev–Trinajstić information content (AvgIpc) is 2.96. The van der Waals surface area contributed by atoms with E-state index in [1.807, 2.05) is 23.0 Å². The van der Waals surface area contributed by atoms with E-state index < -0.39 is 0 Å². The molecule has 0 radical (unpaired) electrons. The molecule has 1 aromatic heterocycles. The highest BCUT2D eigenvalue weighted by Crippen LogP contribution is 2.22. The average molecular weight is 351 g/mol. The Morgan fingerprint density at radius 1 is 1.33 bits per heavy atom. The van der Waals surface area contributed by atoms with E-state index in [1.54, 1.807) is 12.1 Å². The molecule has 0 N–H and O–H groups in total. The van der Waals surface area contributed by atoms with Gasteiger partial charge >= 0.3 is 0 Å². The van der Waals surface area contributed by atoms with E-state index in [0.717, 1.165) is 29.3 Å². The molecular weight excluding hydrogens is 332 g/mol. The Morgan fingerprint density at radius 2 is 2.10 bits per heavy atom. The zero-order valence-corrected chi connectivity index (χ0v) is 13.8. The van der Waals surface area contributed by atoms with Crippen LogP contribution in [0.2, 0.25) is 0 Å². The van der Waals surface area contributed by atoms with Crippen LogP contribution in [0.25, 0.3) is 0 Å². The number of carbonyl (C=O) groups excluding carboxylic acids is 1. The Labute approximate surface area is 133 Å². The summed E-state index contributed by atoms with van der Waals surface area (Å²) in [4.78, 5) is 11.0. The van der Waals surface area contributed by atoms with E-state index in [4.69, 9.17) is 4.74 Å². The monoisotopic (exact) mass is 350 g/mol. The molecule has 0 saturated carbocycles. The Hall–Kier alpha value is -1.62. The molecule has 0 spiro atoms. The van der Waals surface area contributed by atoms with E-state index in [1.165, 1.54) is 0 Å². The number of aromatic nitrogens is 2. The summed E-state index contributed by atoms with van der Waals surface area (Å²) < 4.78 is 8.54. The maximum Gasteiger partial charge on any atom is 0.153 e. The first-order chi connectivity index (χ1) is 10.2. The second-order valence-corrected chi connectivity index (χ2v) is 5.76. The first-order valence-corrected chi connectivity index (χ1v) is 7.88. The third kappa shape index (κ3) is 3.94. The van der Waals surface area contributed by atoms with Crippen LogP contribution in [0.15, 0.2) is 34.9 Å². The lowest BCUT2D eigenvalue weighted by Gasteiger charge is -2.12. The van der Waals surface area contributed by atoms with Crippen LogP contribution in [0.4, 0.5) is 0 Å². The Bertz CT molecular complexity index is 606. The van der Waals surface area contributed by atoms with Gasteiger partial charge in [0.25, 0.3) is 0 Å². The zero-order chi connectivity index (χ0) is 15.2. The van der Waals surface area contributed by atoms with E-state index >= 15 is 0 Å². The molecule has 0 unspecified atom stereocenters. The lowest BCUT2D eigenvalue weighted by molar-refractivity contribution is 0.111. The first-order valence-electron chi connectivity index (χ1n) is 7.09. The van der Waals surface area contributed by atoms with Gasteiger partial charge in [-0.2, -0.15) is 5.10 Å². The molecule has 1 aromatic carbocycles. The summed E-state index contributed by atoms with van der Waals surface area (Å²) >= 11 is 3.34. The maximum atomic E-state index is 11.0. The number of hydrogen-bond acceptors (Lipinski definition) is 3. The van der Waals surface area contributed by atoms with Crippen molar-refractivity contribution in [2.75, 3.05) is 0 Å². The van der Waals surface area contributed by atoms with Crippen molar-refractivity contribution >= 4 is 22.2 Å². The van der Waals surface area contributed by atoms with Crippen LogP contribution in [-0.2, 0) is 6.61 Å². The van der Waals surface area contributed by atoms with Crippen molar-refractivity contribution in [3.05, 3.63) is 46.2 Å². The normalized spacial score (nSPS) is 10.9. The number of carbonyl (C=O) groups is 1. The first kappa shape index (κ1) is 15.8. The fraction of sp³-hybridized carbons (Fsp3) is 0.375. The molecule has 1 heterocycles. The molecule has 0 saturated heterocycles. The lowest BCUT2D eigenvalue weighted by Crippen LogP contribution is -2.08. The van der Waals surface area contributed by atoms with E-state index in [-0.39, 0.29) is 0 Å². The van der Waals surface area contributed by atoms with Crippen molar-refractivity contribution in [1.82, 2.24) is 9.78 Å². The molecule has 0 atom stereocenters. The van der Waals surface area contributed by atoms with Crippen molar-refractivity contribution < 1.29 is 9.53 Å². The molecule has 5 heteroatoms. The van der Waals surface area contributed by atoms with Crippen molar-refractivity contribution in [2.24, 2.45) is 0 Å².